The molecule has 0 saturated heterocycles. The molecule has 0 aliphatic rings. The number of aromatic nitrogens is 7. The fourth-order valence-corrected chi connectivity index (χ4v) is 3.68. The van der Waals surface area contributed by atoms with Crippen molar-refractivity contribution in [3.63, 3.8) is 0 Å². The Kier molecular flexibility index (Phi) is 5.00. The molecule has 1 aromatic carbocycles. The van der Waals surface area contributed by atoms with Crippen molar-refractivity contribution >= 4 is 11.6 Å². The molecule has 0 aliphatic heterocycles. The second-order valence-corrected chi connectivity index (χ2v) is 7.72. The number of benzene rings is 1. The highest BCUT2D eigenvalue weighted by atomic mass is 19.3. The molecule has 0 fully saturated rings. The van der Waals surface area contributed by atoms with Crippen LogP contribution in [-0.4, -0.2) is 40.3 Å². The Morgan fingerprint density at radius 2 is 1.71 bits per heavy atom. The fourth-order valence-electron chi connectivity index (χ4n) is 3.68. The number of rotatable bonds is 5. The minimum Gasteiger partial charge on any atom is -0.366 e. The monoisotopic (exact) mass is 468 g/mol. The van der Waals surface area contributed by atoms with Gasteiger partial charge in [-0.3, -0.25) is 9.67 Å². The molecule has 4 aromatic heterocycles. The number of hydrogen-bond acceptors (Lipinski definition) is 6. The Labute approximate surface area is 189 Å². The van der Waals surface area contributed by atoms with Crippen molar-refractivity contribution in [1.29, 1.82) is 0 Å². The topological polar surface area (TPSA) is 99.8 Å². The summed E-state index contributed by atoms with van der Waals surface area (Å²) in [6, 6.07) is 4.49. The minimum atomic E-state index is -3.20. The van der Waals surface area contributed by atoms with Crippen LogP contribution in [0.4, 0.5) is 23.5 Å². The zero-order chi connectivity index (χ0) is 24.0. The number of halogens is 4. The molecule has 5 aromatic rings. The number of nitrogen functional groups attached to an aromatic ring is 1. The minimum absolute atomic E-state index is 0.00719. The zero-order valence-electron chi connectivity index (χ0n) is 17.6. The second-order valence-electron chi connectivity index (χ2n) is 7.72. The number of hydrogen-bond donors (Lipinski definition) is 1. The van der Waals surface area contributed by atoms with E-state index >= 15 is 0 Å². The number of nitrogens with zero attached hydrogens (tertiary/aromatic N) is 7. The van der Waals surface area contributed by atoms with Gasteiger partial charge in [0.1, 0.15) is 17.7 Å². The summed E-state index contributed by atoms with van der Waals surface area (Å²) in [7, 11) is 0. The average Bonchev–Trinajstić information content (AvgIpc) is 3.39. The lowest BCUT2D eigenvalue weighted by Crippen LogP contribution is -2.29. The van der Waals surface area contributed by atoms with E-state index in [1.807, 2.05) is 0 Å². The lowest BCUT2D eigenvalue weighted by atomic mass is 10.0. The van der Waals surface area contributed by atoms with E-state index in [-0.39, 0.29) is 28.4 Å². The van der Waals surface area contributed by atoms with Crippen LogP contribution in [0.3, 0.4) is 0 Å². The molecule has 2 N–H and O–H groups in total. The van der Waals surface area contributed by atoms with Crippen LogP contribution in [0.2, 0.25) is 0 Å². The first-order valence-electron chi connectivity index (χ1n) is 10.0. The van der Waals surface area contributed by atoms with Crippen LogP contribution in [0, 0.1) is 11.6 Å². The molecule has 0 unspecified atom stereocenters. The molecule has 0 saturated carbocycles. The van der Waals surface area contributed by atoms with Gasteiger partial charge < -0.3 is 5.73 Å². The summed E-state index contributed by atoms with van der Waals surface area (Å²) < 4.78 is 59.4. The number of nitrogens with two attached hydrogens (primary N) is 1. The summed E-state index contributed by atoms with van der Waals surface area (Å²) in [6.45, 7) is 0.763. The van der Waals surface area contributed by atoms with Crippen LogP contribution >= 0.6 is 0 Å². The zero-order valence-corrected chi connectivity index (χ0v) is 17.6. The highest BCUT2D eigenvalue weighted by Gasteiger charge is 2.37. The van der Waals surface area contributed by atoms with Crippen molar-refractivity contribution in [2.75, 3.05) is 5.73 Å². The fraction of sp³-hybridized carbons (Fsp3) is 0.136. The van der Waals surface area contributed by atoms with Crippen LogP contribution in [0.15, 0.2) is 61.3 Å². The van der Waals surface area contributed by atoms with E-state index in [0.29, 0.717) is 11.3 Å². The van der Waals surface area contributed by atoms with Crippen molar-refractivity contribution in [3.8, 4) is 22.5 Å². The largest absolute Gasteiger partial charge is 0.366 e. The number of fused-ring (bicyclic) bond motifs is 1. The van der Waals surface area contributed by atoms with Gasteiger partial charge in [-0.15, -0.1) is 5.10 Å². The third kappa shape index (κ3) is 3.93. The summed E-state index contributed by atoms with van der Waals surface area (Å²) >= 11 is 0. The maximum atomic E-state index is 14.7. The molecule has 8 nitrogen and oxygen atoms in total. The number of alkyl halides is 2. The second kappa shape index (κ2) is 7.90. The van der Waals surface area contributed by atoms with Crippen LogP contribution in [0.5, 0.6) is 0 Å². The van der Waals surface area contributed by atoms with E-state index in [2.05, 4.69) is 25.1 Å². The molecule has 5 rings (SSSR count). The molecule has 4 heterocycles. The molecule has 0 spiro atoms. The van der Waals surface area contributed by atoms with Crippen LogP contribution < -0.4 is 5.73 Å². The van der Waals surface area contributed by atoms with Gasteiger partial charge in [0.15, 0.2) is 5.65 Å². The lowest BCUT2D eigenvalue weighted by Gasteiger charge is -2.24. The third-order valence-electron chi connectivity index (χ3n) is 5.18. The number of pyridine rings is 1. The van der Waals surface area contributed by atoms with Gasteiger partial charge in [-0.1, -0.05) is 12.1 Å². The first-order valence-corrected chi connectivity index (χ1v) is 10.0. The molecule has 0 amide bonds. The Morgan fingerprint density at radius 1 is 0.971 bits per heavy atom. The summed E-state index contributed by atoms with van der Waals surface area (Å²) in [4.78, 5) is 12.4. The summed E-state index contributed by atoms with van der Waals surface area (Å²) in [5.74, 6) is -4.35. The maximum absolute atomic E-state index is 14.7. The SMILES string of the molecule is CC(F)(F)[C@@H](c1ccc(F)cc1)n1cc(-c2cncc(-c3cn4nc(N)nc4cc3F)n2)cn1. The molecule has 1 atom stereocenters. The van der Waals surface area contributed by atoms with E-state index in [1.54, 1.807) is 0 Å². The van der Waals surface area contributed by atoms with Crippen molar-refractivity contribution in [2.45, 2.75) is 18.9 Å². The molecule has 12 heteroatoms. The van der Waals surface area contributed by atoms with Gasteiger partial charge >= 0.3 is 0 Å². The van der Waals surface area contributed by atoms with Gasteiger partial charge in [-0.05, 0) is 17.7 Å². The van der Waals surface area contributed by atoms with E-state index in [4.69, 9.17) is 5.73 Å². The van der Waals surface area contributed by atoms with E-state index in [9.17, 15) is 17.6 Å². The molecule has 172 valence electrons. The normalized spacial score (nSPS) is 12.9. The molecule has 0 aliphatic carbocycles. The van der Waals surface area contributed by atoms with Gasteiger partial charge in [-0.2, -0.15) is 10.1 Å². The third-order valence-corrected chi connectivity index (χ3v) is 5.18. The molecular formula is C22H16F4N8. The molecular weight excluding hydrogens is 452 g/mol. The first-order chi connectivity index (χ1) is 16.2. The van der Waals surface area contributed by atoms with Crippen LogP contribution in [0.25, 0.3) is 28.2 Å². The quantitative estimate of drug-likeness (QED) is 0.389. The van der Waals surface area contributed by atoms with Gasteiger partial charge in [-0.25, -0.2) is 27.1 Å². The predicted molar refractivity (Wildman–Crippen MR) is 115 cm³/mol. The van der Waals surface area contributed by atoms with E-state index in [0.717, 1.165) is 23.7 Å². The maximum Gasteiger partial charge on any atom is 0.271 e. The smallest absolute Gasteiger partial charge is 0.271 e. The van der Waals surface area contributed by atoms with Gasteiger partial charge in [0.05, 0.1) is 35.5 Å². The van der Waals surface area contributed by atoms with E-state index < -0.39 is 23.6 Å². The van der Waals surface area contributed by atoms with Gasteiger partial charge in [0.25, 0.3) is 5.92 Å². The summed E-state index contributed by atoms with van der Waals surface area (Å²) in [5.41, 5.74) is 6.95. The predicted octanol–water partition coefficient (Wildman–Crippen LogP) is 4.15. The highest BCUT2D eigenvalue weighted by molar-refractivity contribution is 5.65. The molecule has 0 bridgehead atoms. The number of anilines is 1. The van der Waals surface area contributed by atoms with Crippen molar-refractivity contribution < 1.29 is 17.6 Å². The molecule has 34 heavy (non-hydrogen) atoms. The van der Waals surface area contributed by atoms with Crippen molar-refractivity contribution in [2.24, 2.45) is 0 Å². The Morgan fingerprint density at radius 3 is 2.44 bits per heavy atom. The highest BCUT2D eigenvalue weighted by Crippen LogP contribution is 2.35. The average molecular weight is 468 g/mol. The Bertz CT molecular complexity index is 1490. The lowest BCUT2D eigenvalue weighted by molar-refractivity contribution is -0.0217. The van der Waals surface area contributed by atoms with Gasteiger partial charge in [0.2, 0.25) is 5.95 Å². The van der Waals surface area contributed by atoms with E-state index in [1.165, 1.54) is 53.7 Å². The summed E-state index contributed by atoms with van der Waals surface area (Å²) in [5, 5.41) is 8.05. The molecule has 0 radical (unpaired) electrons. The standard InChI is InChI=1S/C22H16F4N8/c1-22(25,26)20(12-2-4-14(23)5-3-12)34-10-13(7-29-34)17-8-28-9-18(30-17)15-11-33-19(6-16(15)24)31-21(27)32-33/h2-11,20H,1H3,(H2,27,32)/t20-/m1/s1. The Hall–Kier alpha value is -4.35. The summed E-state index contributed by atoms with van der Waals surface area (Å²) in [6.07, 6.45) is 6.89. The van der Waals surface area contributed by atoms with Crippen LogP contribution in [-0.2, 0) is 0 Å². The Balaban J connectivity index is 1.53. The first kappa shape index (κ1) is 21.5. The van der Waals surface area contributed by atoms with Gasteiger partial charge in [0, 0.05) is 30.9 Å². The van der Waals surface area contributed by atoms with Crippen molar-refractivity contribution in [1.82, 2.24) is 34.3 Å². The van der Waals surface area contributed by atoms with Crippen molar-refractivity contribution in [3.05, 3.63) is 78.5 Å². The van der Waals surface area contributed by atoms with Crippen LogP contribution in [0.1, 0.15) is 18.5 Å².